The Hall–Kier alpha value is -3.00. The summed E-state index contributed by atoms with van der Waals surface area (Å²) in [5.74, 6) is 0. The number of allylic oxidation sites excluding steroid dienone is 5. The molecule has 26 heavy (non-hydrogen) atoms. The lowest BCUT2D eigenvalue weighted by Crippen LogP contribution is -2.02. The number of fused-ring (bicyclic) bond motifs is 3. The van der Waals surface area contributed by atoms with Crippen molar-refractivity contribution < 1.29 is 0 Å². The van der Waals surface area contributed by atoms with E-state index in [0.29, 0.717) is 0 Å². The molecule has 2 nitrogen and oxygen atoms in total. The van der Waals surface area contributed by atoms with Crippen molar-refractivity contribution in [3.63, 3.8) is 0 Å². The van der Waals surface area contributed by atoms with E-state index in [-0.39, 0.29) is 0 Å². The van der Waals surface area contributed by atoms with E-state index in [1.54, 1.807) is 0 Å². The van der Waals surface area contributed by atoms with Gasteiger partial charge in [-0.2, -0.15) is 0 Å². The Morgan fingerprint density at radius 3 is 2.69 bits per heavy atom. The molecular formula is C24H26N2. The highest BCUT2D eigenvalue weighted by Gasteiger charge is 2.10. The fourth-order valence-electron chi connectivity index (χ4n) is 3.23. The van der Waals surface area contributed by atoms with Gasteiger partial charge in [-0.05, 0) is 60.5 Å². The van der Waals surface area contributed by atoms with Crippen molar-refractivity contribution >= 4 is 28.6 Å². The van der Waals surface area contributed by atoms with Crippen LogP contribution in [0.15, 0.2) is 73.1 Å². The normalized spacial score (nSPS) is 17.0. The molecule has 0 amide bonds. The lowest BCUT2D eigenvalue weighted by Gasteiger charge is -2.14. The molecule has 0 fully saturated rings. The standard InChI is InChI=1S/C24H26N2/c1-3-5-6-18-26-24-15-14-21-20-11-8-17-25-16-7-10-19(20)12-13-22(21)23(24)9-4-2/h3-9,11-16,18,25-26H,10,17H2,1-2H3/b5-3-,9-4-,11-8-,16-7-,18-6+. The van der Waals surface area contributed by atoms with Crippen LogP contribution in [-0.4, -0.2) is 6.54 Å². The first-order valence-corrected chi connectivity index (χ1v) is 9.15. The molecule has 2 heteroatoms. The summed E-state index contributed by atoms with van der Waals surface area (Å²) in [6, 6.07) is 8.90. The molecule has 0 unspecified atom stereocenters. The first-order chi connectivity index (χ1) is 12.8. The molecule has 0 atom stereocenters. The molecule has 0 saturated heterocycles. The highest BCUT2D eigenvalue weighted by molar-refractivity contribution is 6.01. The summed E-state index contributed by atoms with van der Waals surface area (Å²) in [6.45, 7) is 4.93. The van der Waals surface area contributed by atoms with Gasteiger partial charge in [0.1, 0.15) is 0 Å². The molecule has 0 saturated carbocycles. The van der Waals surface area contributed by atoms with Gasteiger partial charge < -0.3 is 10.6 Å². The van der Waals surface area contributed by atoms with Crippen LogP contribution in [0.1, 0.15) is 30.5 Å². The number of hydrogen-bond acceptors (Lipinski definition) is 2. The van der Waals surface area contributed by atoms with Gasteiger partial charge in [0.05, 0.1) is 0 Å². The SMILES string of the molecule is C/C=C\C=C\Nc1ccc2c3c(ccc2c1/C=C\C)C/C=C\NC/C=C\3. The van der Waals surface area contributed by atoms with Crippen molar-refractivity contribution in [2.24, 2.45) is 0 Å². The predicted molar refractivity (Wildman–Crippen MR) is 116 cm³/mol. The van der Waals surface area contributed by atoms with Crippen LogP contribution in [0.4, 0.5) is 5.69 Å². The molecule has 1 aliphatic rings. The molecule has 132 valence electrons. The molecule has 0 aliphatic carbocycles. The number of rotatable bonds is 4. The third kappa shape index (κ3) is 3.97. The fraction of sp³-hybridized carbons (Fsp3) is 0.167. The highest BCUT2D eigenvalue weighted by Crippen LogP contribution is 2.32. The lowest BCUT2D eigenvalue weighted by molar-refractivity contribution is 0.982. The van der Waals surface area contributed by atoms with Crippen LogP contribution in [0.25, 0.3) is 22.9 Å². The molecule has 0 bridgehead atoms. The topological polar surface area (TPSA) is 24.1 Å². The van der Waals surface area contributed by atoms with Crippen molar-refractivity contribution in [1.29, 1.82) is 0 Å². The second-order valence-electron chi connectivity index (χ2n) is 6.21. The van der Waals surface area contributed by atoms with E-state index in [1.165, 1.54) is 27.5 Å². The summed E-state index contributed by atoms with van der Waals surface area (Å²) in [5.41, 5.74) is 5.01. The van der Waals surface area contributed by atoms with Gasteiger partial charge in [0.25, 0.3) is 0 Å². The van der Waals surface area contributed by atoms with E-state index in [0.717, 1.165) is 18.7 Å². The summed E-state index contributed by atoms with van der Waals surface area (Å²) < 4.78 is 0. The largest absolute Gasteiger partial charge is 0.388 e. The molecule has 1 heterocycles. The van der Waals surface area contributed by atoms with Gasteiger partial charge in [-0.15, -0.1) is 0 Å². The average Bonchev–Trinajstić information content (AvgIpc) is 2.78. The molecule has 0 spiro atoms. The zero-order valence-electron chi connectivity index (χ0n) is 15.5. The van der Waals surface area contributed by atoms with Crippen LogP contribution < -0.4 is 10.6 Å². The van der Waals surface area contributed by atoms with Crippen molar-refractivity contribution in [2.45, 2.75) is 20.3 Å². The minimum atomic E-state index is 0.851. The monoisotopic (exact) mass is 342 g/mol. The summed E-state index contributed by atoms with van der Waals surface area (Å²) in [7, 11) is 0. The fourth-order valence-corrected chi connectivity index (χ4v) is 3.23. The Balaban J connectivity index is 2.14. The van der Waals surface area contributed by atoms with E-state index >= 15 is 0 Å². The van der Waals surface area contributed by atoms with Crippen molar-refractivity contribution in [3.05, 3.63) is 89.8 Å². The maximum Gasteiger partial charge on any atom is 0.0459 e. The van der Waals surface area contributed by atoms with Crippen molar-refractivity contribution in [2.75, 3.05) is 11.9 Å². The van der Waals surface area contributed by atoms with Crippen LogP contribution >= 0.6 is 0 Å². The molecule has 1 aliphatic heterocycles. The summed E-state index contributed by atoms with van der Waals surface area (Å²) in [6.07, 6.45) is 21.9. The zero-order chi connectivity index (χ0) is 18.2. The van der Waals surface area contributed by atoms with E-state index < -0.39 is 0 Å². The molecule has 3 rings (SSSR count). The maximum absolute atomic E-state index is 3.42. The first-order valence-electron chi connectivity index (χ1n) is 9.15. The van der Waals surface area contributed by atoms with Crippen molar-refractivity contribution in [3.8, 4) is 0 Å². The Labute approximate surface area is 156 Å². The third-order valence-electron chi connectivity index (χ3n) is 4.44. The molecule has 0 radical (unpaired) electrons. The molecule has 2 aromatic rings. The summed E-state index contributed by atoms with van der Waals surface area (Å²) >= 11 is 0. The highest BCUT2D eigenvalue weighted by atomic mass is 14.8. The van der Waals surface area contributed by atoms with Crippen LogP contribution in [0, 0.1) is 0 Å². The Morgan fingerprint density at radius 2 is 1.85 bits per heavy atom. The minimum Gasteiger partial charge on any atom is -0.388 e. The van der Waals surface area contributed by atoms with Gasteiger partial charge in [-0.3, -0.25) is 0 Å². The quantitative estimate of drug-likeness (QED) is 0.661. The van der Waals surface area contributed by atoms with Crippen molar-refractivity contribution in [1.82, 2.24) is 5.32 Å². The molecule has 2 N–H and O–H groups in total. The van der Waals surface area contributed by atoms with Gasteiger partial charge in [0.15, 0.2) is 0 Å². The number of hydrogen-bond donors (Lipinski definition) is 2. The van der Waals surface area contributed by atoms with Crippen LogP contribution in [0.3, 0.4) is 0 Å². The smallest absolute Gasteiger partial charge is 0.0459 e. The predicted octanol–water partition coefficient (Wildman–Crippen LogP) is 6.05. The van der Waals surface area contributed by atoms with E-state index in [2.05, 4.69) is 72.2 Å². The Kier molecular flexibility index (Phi) is 6.10. The number of anilines is 1. The summed E-state index contributed by atoms with van der Waals surface area (Å²) in [5, 5.41) is 9.26. The van der Waals surface area contributed by atoms with Gasteiger partial charge in [-0.1, -0.05) is 60.7 Å². The summed E-state index contributed by atoms with van der Waals surface area (Å²) in [4.78, 5) is 0. The number of nitrogens with one attached hydrogen (secondary N) is 2. The van der Waals surface area contributed by atoms with E-state index in [4.69, 9.17) is 0 Å². The van der Waals surface area contributed by atoms with E-state index in [9.17, 15) is 0 Å². The lowest BCUT2D eigenvalue weighted by atomic mass is 9.93. The van der Waals surface area contributed by atoms with E-state index in [1.807, 2.05) is 37.6 Å². The van der Waals surface area contributed by atoms with Gasteiger partial charge in [0, 0.05) is 24.0 Å². The number of benzene rings is 2. The zero-order valence-corrected chi connectivity index (χ0v) is 15.5. The van der Waals surface area contributed by atoms with Crippen LogP contribution in [0.2, 0.25) is 0 Å². The molecule has 0 aromatic heterocycles. The second-order valence-corrected chi connectivity index (χ2v) is 6.21. The van der Waals surface area contributed by atoms with Crippen LogP contribution in [0.5, 0.6) is 0 Å². The van der Waals surface area contributed by atoms with Gasteiger partial charge >= 0.3 is 0 Å². The van der Waals surface area contributed by atoms with Crippen LogP contribution in [-0.2, 0) is 6.42 Å². The molecule has 2 aromatic carbocycles. The average molecular weight is 342 g/mol. The third-order valence-corrected chi connectivity index (χ3v) is 4.44. The minimum absolute atomic E-state index is 0.851. The Morgan fingerprint density at radius 1 is 0.962 bits per heavy atom. The molecular weight excluding hydrogens is 316 g/mol. The first kappa shape index (κ1) is 17.8. The van der Waals surface area contributed by atoms with Gasteiger partial charge in [0.2, 0.25) is 0 Å². The Bertz CT molecular complexity index is 911. The second kappa shape index (κ2) is 8.91. The van der Waals surface area contributed by atoms with Gasteiger partial charge in [-0.25, -0.2) is 0 Å². The maximum atomic E-state index is 3.42.